The maximum atomic E-state index is 5.57. The Morgan fingerprint density at radius 2 is 2.21 bits per heavy atom. The highest BCUT2D eigenvalue weighted by atomic mass is 32.1. The van der Waals surface area contributed by atoms with Crippen LogP contribution in [0.2, 0.25) is 0 Å². The molecular weight excluding hydrogens is 192 g/mol. The highest BCUT2D eigenvalue weighted by Gasteiger charge is 2.22. The van der Waals surface area contributed by atoms with Crippen LogP contribution < -0.4 is 5.73 Å². The summed E-state index contributed by atoms with van der Waals surface area (Å²) in [6.07, 6.45) is 5.11. The summed E-state index contributed by atoms with van der Waals surface area (Å²) in [6, 6.07) is 0.512. The Hall–Kier alpha value is -0.150. The third-order valence-corrected chi connectivity index (χ3v) is 3.41. The Morgan fingerprint density at radius 1 is 1.57 bits per heavy atom. The first-order valence-electron chi connectivity index (χ1n) is 5.65. The minimum atomic E-state index is 0.512. The van der Waals surface area contributed by atoms with Gasteiger partial charge in [0, 0.05) is 19.0 Å². The van der Waals surface area contributed by atoms with Crippen LogP contribution in [0.15, 0.2) is 0 Å². The molecule has 0 aromatic carbocycles. The standard InChI is InChI=1S/C11H22N2S/c1-3-13(8-10-5-4-6-10)9(2)7-11(12)14/h9-10H,3-8H2,1-2H3,(H2,12,14). The molecule has 82 valence electrons. The van der Waals surface area contributed by atoms with Crippen molar-refractivity contribution in [3.05, 3.63) is 0 Å². The van der Waals surface area contributed by atoms with Crippen molar-refractivity contribution in [3.8, 4) is 0 Å². The molecule has 0 bridgehead atoms. The first-order chi connectivity index (χ1) is 6.63. The maximum Gasteiger partial charge on any atom is 0.0742 e. The van der Waals surface area contributed by atoms with Crippen molar-refractivity contribution in [1.82, 2.24) is 4.90 Å². The Balaban J connectivity index is 2.30. The van der Waals surface area contributed by atoms with Gasteiger partial charge in [-0.3, -0.25) is 0 Å². The molecule has 14 heavy (non-hydrogen) atoms. The van der Waals surface area contributed by atoms with Crippen molar-refractivity contribution in [1.29, 1.82) is 0 Å². The smallest absolute Gasteiger partial charge is 0.0742 e. The average Bonchev–Trinajstić information content (AvgIpc) is 2.01. The van der Waals surface area contributed by atoms with Gasteiger partial charge in [-0.15, -0.1) is 0 Å². The molecule has 1 saturated carbocycles. The second-order valence-electron chi connectivity index (χ2n) is 4.40. The van der Waals surface area contributed by atoms with E-state index in [1.807, 2.05) is 0 Å². The summed E-state index contributed by atoms with van der Waals surface area (Å²) in [5.74, 6) is 0.934. The zero-order chi connectivity index (χ0) is 10.6. The summed E-state index contributed by atoms with van der Waals surface area (Å²) in [6.45, 7) is 6.79. The van der Waals surface area contributed by atoms with Gasteiger partial charge in [0.05, 0.1) is 4.99 Å². The molecule has 2 N–H and O–H groups in total. The van der Waals surface area contributed by atoms with E-state index >= 15 is 0 Å². The van der Waals surface area contributed by atoms with Crippen LogP contribution in [0.25, 0.3) is 0 Å². The van der Waals surface area contributed by atoms with E-state index in [2.05, 4.69) is 18.7 Å². The summed E-state index contributed by atoms with van der Waals surface area (Å²) in [7, 11) is 0. The summed E-state index contributed by atoms with van der Waals surface area (Å²) >= 11 is 4.95. The number of thiocarbonyl (C=S) groups is 1. The summed E-state index contributed by atoms with van der Waals surface area (Å²) in [5.41, 5.74) is 5.57. The first kappa shape index (κ1) is 11.9. The fourth-order valence-electron chi connectivity index (χ4n) is 2.05. The molecule has 3 heteroatoms. The molecule has 1 aliphatic rings. The third kappa shape index (κ3) is 3.54. The van der Waals surface area contributed by atoms with Crippen LogP contribution >= 0.6 is 12.2 Å². The van der Waals surface area contributed by atoms with Gasteiger partial charge in [-0.05, 0) is 32.2 Å². The molecule has 0 spiro atoms. The van der Waals surface area contributed by atoms with Gasteiger partial charge in [-0.2, -0.15) is 0 Å². The van der Waals surface area contributed by atoms with Gasteiger partial charge in [-0.25, -0.2) is 0 Å². The molecule has 1 aliphatic carbocycles. The maximum absolute atomic E-state index is 5.57. The molecule has 0 amide bonds. The van der Waals surface area contributed by atoms with Crippen LogP contribution in [-0.4, -0.2) is 29.0 Å². The highest BCUT2D eigenvalue weighted by Crippen LogP contribution is 2.27. The number of nitrogens with zero attached hydrogens (tertiary/aromatic N) is 1. The lowest BCUT2D eigenvalue weighted by molar-refractivity contribution is 0.149. The third-order valence-electron chi connectivity index (χ3n) is 3.24. The van der Waals surface area contributed by atoms with Crippen LogP contribution in [0.4, 0.5) is 0 Å². The van der Waals surface area contributed by atoms with Gasteiger partial charge in [0.15, 0.2) is 0 Å². The van der Waals surface area contributed by atoms with E-state index in [0.29, 0.717) is 11.0 Å². The van der Waals surface area contributed by atoms with Crippen molar-refractivity contribution < 1.29 is 0 Å². The molecule has 0 aromatic heterocycles. The zero-order valence-corrected chi connectivity index (χ0v) is 10.1. The summed E-state index contributed by atoms with van der Waals surface area (Å²) in [4.78, 5) is 3.15. The van der Waals surface area contributed by atoms with Crippen molar-refractivity contribution in [3.63, 3.8) is 0 Å². The normalized spacial score (nSPS) is 19.4. The molecule has 0 saturated heterocycles. The Kier molecular flexibility index (Phi) is 4.82. The van der Waals surface area contributed by atoms with E-state index < -0.39 is 0 Å². The Bertz CT molecular complexity index is 190. The predicted molar refractivity (Wildman–Crippen MR) is 65.5 cm³/mol. The summed E-state index contributed by atoms with van der Waals surface area (Å²) in [5, 5.41) is 0. The minimum absolute atomic E-state index is 0.512. The number of hydrogen-bond acceptors (Lipinski definition) is 2. The van der Waals surface area contributed by atoms with E-state index in [-0.39, 0.29) is 0 Å². The van der Waals surface area contributed by atoms with Crippen molar-refractivity contribution in [2.24, 2.45) is 11.7 Å². The molecule has 0 aliphatic heterocycles. The monoisotopic (exact) mass is 214 g/mol. The number of rotatable bonds is 6. The van der Waals surface area contributed by atoms with Gasteiger partial charge in [-0.1, -0.05) is 25.6 Å². The number of hydrogen-bond donors (Lipinski definition) is 1. The van der Waals surface area contributed by atoms with Gasteiger partial charge < -0.3 is 10.6 Å². The van der Waals surface area contributed by atoms with Crippen LogP contribution in [0.5, 0.6) is 0 Å². The fraction of sp³-hybridized carbons (Fsp3) is 0.909. The van der Waals surface area contributed by atoms with Gasteiger partial charge in [0.25, 0.3) is 0 Å². The Morgan fingerprint density at radius 3 is 2.57 bits per heavy atom. The van der Waals surface area contributed by atoms with Crippen molar-refractivity contribution in [2.45, 2.75) is 45.6 Å². The van der Waals surface area contributed by atoms with E-state index in [0.717, 1.165) is 18.9 Å². The van der Waals surface area contributed by atoms with Crippen molar-refractivity contribution in [2.75, 3.05) is 13.1 Å². The summed E-state index contributed by atoms with van der Waals surface area (Å²) < 4.78 is 0. The molecule has 1 fully saturated rings. The second-order valence-corrected chi connectivity index (χ2v) is 4.93. The van der Waals surface area contributed by atoms with Crippen LogP contribution in [0.1, 0.15) is 39.5 Å². The predicted octanol–water partition coefficient (Wildman–Crippen LogP) is 2.17. The lowest BCUT2D eigenvalue weighted by Gasteiger charge is -2.35. The van der Waals surface area contributed by atoms with Gasteiger partial charge >= 0.3 is 0 Å². The first-order valence-corrected chi connectivity index (χ1v) is 6.06. The van der Waals surface area contributed by atoms with Crippen LogP contribution in [-0.2, 0) is 0 Å². The molecule has 0 aromatic rings. The molecule has 0 heterocycles. The molecule has 0 radical (unpaired) electrons. The SMILES string of the molecule is CCN(CC1CCC1)C(C)CC(N)=S. The van der Waals surface area contributed by atoms with Crippen LogP contribution in [0, 0.1) is 5.92 Å². The second kappa shape index (κ2) is 5.66. The zero-order valence-electron chi connectivity index (χ0n) is 9.33. The largest absolute Gasteiger partial charge is 0.393 e. The average molecular weight is 214 g/mol. The van der Waals surface area contributed by atoms with E-state index in [9.17, 15) is 0 Å². The lowest BCUT2D eigenvalue weighted by atomic mass is 9.85. The lowest BCUT2D eigenvalue weighted by Crippen LogP contribution is -2.40. The topological polar surface area (TPSA) is 29.3 Å². The quantitative estimate of drug-likeness (QED) is 0.687. The van der Waals surface area contributed by atoms with Gasteiger partial charge in [0.2, 0.25) is 0 Å². The van der Waals surface area contributed by atoms with E-state index in [1.165, 1.54) is 25.8 Å². The van der Waals surface area contributed by atoms with Crippen LogP contribution in [0.3, 0.4) is 0 Å². The molecule has 1 rings (SSSR count). The fourth-order valence-corrected chi connectivity index (χ4v) is 2.29. The molecular formula is C11H22N2S. The van der Waals surface area contributed by atoms with Crippen molar-refractivity contribution >= 4 is 17.2 Å². The van der Waals surface area contributed by atoms with Gasteiger partial charge in [0.1, 0.15) is 0 Å². The molecule has 1 unspecified atom stereocenters. The van der Waals surface area contributed by atoms with E-state index in [4.69, 9.17) is 18.0 Å². The molecule has 2 nitrogen and oxygen atoms in total. The Labute approximate surface area is 92.8 Å². The minimum Gasteiger partial charge on any atom is -0.393 e. The van der Waals surface area contributed by atoms with E-state index in [1.54, 1.807) is 0 Å². The number of nitrogens with two attached hydrogens (primary N) is 1. The molecule has 1 atom stereocenters. The highest BCUT2D eigenvalue weighted by molar-refractivity contribution is 7.80.